The number of piperidine rings is 2. The van der Waals surface area contributed by atoms with Crippen molar-refractivity contribution in [3.8, 4) is 0 Å². The topological polar surface area (TPSA) is 43.8 Å². The van der Waals surface area contributed by atoms with Crippen molar-refractivity contribution in [3.63, 3.8) is 0 Å². The first kappa shape index (κ1) is 14.8. The van der Waals surface area contributed by atoms with Crippen LogP contribution in [0.15, 0.2) is 0 Å². The molecular weight excluding hydrogens is 240 g/mol. The predicted octanol–water partition coefficient (Wildman–Crippen LogP) is 2.05. The van der Waals surface area contributed by atoms with Crippen LogP contribution in [0.25, 0.3) is 0 Å². The highest BCUT2D eigenvalue weighted by Crippen LogP contribution is 2.33. The second-order valence-corrected chi connectivity index (χ2v) is 6.76. The summed E-state index contributed by atoms with van der Waals surface area (Å²) in [6, 6.07) is 1.32. The molecule has 0 aromatic rings. The van der Waals surface area contributed by atoms with Crippen LogP contribution in [0, 0.1) is 5.41 Å². The largest absolute Gasteiger partial charge is 0.481 e. The van der Waals surface area contributed by atoms with Gasteiger partial charge < -0.3 is 14.9 Å². The Balaban J connectivity index is 1.82. The van der Waals surface area contributed by atoms with Gasteiger partial charge >= 0.3 is 5.97 Å². The number of hydrogen-bond acceptors (Lipinski definition) is 3. The van der Waals surface area contributed by atoms with Gasteiger partial charge in [0, 0.05) is 12.1 Å². The van der Waals surface area contributed by atoms with Crippen LogP contribution in [-0.2, 0) is 4.79 Å². The number of hydrogen-bond donors (Lipinski definition) is 1. The molecule has 0 unspecified atom stereocenters. The summed E-state index contributed by atoms with van der Waals surface area (Å²) >= 11 is 0. The van der Waals surface area contributed by atoms with Crippen LogP contribution >= 0.6 is 0 Å². The standard InChI is InChI=1S/C15H28N2O2/c1-12(2)16-8-4-13(5-9-16)17-10-6-15(3,7-11-17)14(18)19/h12-13H,4-11H2,1-3H3,(H,18,19). The lowest BCUT2D eigenvalue weighted by Crippen LogP contribution is -2.51. The lowest BCUT2D eigenvalue weighted by atomic mass is 9.80. The van der Waals surface area contributed by atoms with E-state index in [0.717, 1.165) is 25.9 Å². The van der Waals surface area contributed by atoms with Crippen LogP contribution in [0.5, 0.6) is 0 Å². The van der Waals surface area contributed by atoms with E-state index in [1.807, 2.05) is 6.92 Å². The van der Waals surface area contributed by atoms with Gasteiger partial charge in [0.1, 0.15) is 0 Å². The Morgan fingerprint density at radius 1 is 1.16 bits per heavy atom. The Bertz CT molecular complexity index is 314. The summed E-state index contributed by atoms with van der Waals surface area (Å²) in [5, 5.41) is 9.26. The molecule has 4 heteroatoms. The van der Waals surface area contributed by atoms with E-state index in [9.17, 15) is 9.90 Å². The van der Waals surface area contributed by atoms with Crippen LogP contribution in [0.2, 0.25) is 0 Å². The first-order chi connectivity index (χ1) is 8.92. The predicted molar refractivity (Wildman–Crippen MR) is 76.3 cm³/mol. The minimum Gasteiger partial charge on any atom is -0.481 e. The van der Waals surface area contributed by atoms with Crippen molar-refractivity contribution in [2.24, 2.45) is 5.41 Å². The first-order valence-electron chi connectivity index (χ1n) is 7.64. The molecule has 0 spiro atoms. The van der Waals surface area contributed by atoms with Gasteiger partial charge in [-0.15, -0.1) is 0 Å². The van der Waals surface area contributed by atoms with Gasteiger partial charge in [-0.2, -0.15) is 0 Å². The summed E-state index contributed by atoms with van der Waals surface area (Å²) in [7, 11) is 0. The van der Waals surface area contributed by atoms with Gasteiger partial charge in [0.15, 0.2) is 0 Å². The number of carboxylic acids is 1. The molecule has 2 aliphatic rings. The molecular formula is C15H28N2O2. The van der Waals surface area contributed by atoms with E-state index in [-0.39, 0.29) is 0 Å². The maximum Gasteiger partial charge on any atom is 0.309 e. The number of carboxylic acid groups (broad SMARTS) is 1. The van der Waals surface area contributed by atoms with E-state index in [1.165, 1.54) is 25.9 Å². The number of aliphatic carboxylic acids is 1. The normalized spacial score (nSPS) is 26.7. The van der Waals surface area contributed by atoms with Crippen LogP contribution < -0.4 is 0 Å². The fourth-order valence-corrected chi connectivity index (χ4v) is 3.36. The Labute approximate surface area is 116 Å². The molecule has 0 saturated carbocycles. The maximum absolute atomic E-state index is 11.3. The average molecular weight is 268 g/mol. The van der Waals surface area contributed by atoms with Crippen molar-refractivity contribution in [3.05, 3.63) is 0 Å². The van der Waals surface area contributed by atoms with Crippen LogP contribution in [0.4, 0.5) is 0 Å². The van der Waals surface area contributed by atoms with E-state index >= 15 is 0 Å². The van der Waals surface area contributed by atoms with Crippen molar-refractivity contribution < 1.29 is 9.90 Å². The first-order valence-corrected chi connectivity index (χ1v) is 7.64. The van der Waals surface area contributed by atoms with E-state index in [1.54, 1.807) is 0 Å². The minimum absolute atomic E-state index is 0.491. The SMILES string of the molecule is CC(C)N1CCC(N2CCC(C)(C(=O)O)CC2)CC1. The van der Waals surface area contributed by atoms with Crippen LogP contribution in [-0.4, -0.2) is 59.1 Å². The second-order valence-electron chi connectivity index (χ2n) is 6.76. The zero-order chi connectivity index (χ0) is 14.0. The highest BCUT2D eigenvalue weighted by Gasteiger charge is 2.38. The molecule has 1 N–H and O–H groups in total. The summed E-state index contributed by atoms with van der Waals surface area (Å²) in [5.41, 5.74) is -0.491. The summed E-state index contributed by atoms with van der Waals surface area (Å²) in [6.07, 6.45) is 4.07. The Morgan fingerprint density at radius 2 is 1.68 bits per heavy atom. The molecule has 0 radical (unpaired) electrons. The Morgan fingerprint density at radius 3 is 2.11 bits per heavy atom. The molecule has 2 fully saturated rings. The highest BCUT2D eigenvalue weighted by molar-refractivity contribution is 5.74. The van der Waals surface area contributed by atoms with E-state index in [4.69, 9.17) is 0 Å². The highest BCUT2D eigenvalue weighted by atomic mass is 16.4. The summed E-state index contributed by atoms with van der Waals surface area (Å²) in [4.78, 5) is 16.3. The van der Waals surface area contributed by atoms with Crippen LogP contribution in [0.3, 0.4) is 0 Å². The lowest BCUT2D eigenvalue weighted by Gasteiger charge is -2.44. The van der Waals surface area contributed by atoms with E-state index in [2.05, 4.69) is 23.6 Å². The van der Waals surface area contributed by atoms with Crippen molar-refractivity contribution in [2.45, 2.75) is 58.5 Å². The smallest absolute Gasteiger partial charge is 0.309 e. The molecule has 4 nitrogen and oxygen atoms in total. The second kappa shape index (κ2) is 5.80. The molecule has 2 heterocycles. The van der Waals surface area contributed by atoms with E-state index in [0.29, 0.717) is 12.1 Å². The van der Waals surface area contributed by atoms with Gasteiger partial charge in [0.2, 0.25) is 0 Å². The van der Waals surface area contributed by atoms with Crippen molar-refractivity contribution in [1.82, 2.24) is 9.80 Å². The molecule has 0 atom stereocenters. The van der Waals surface area contributed by atoms with Gasteiger partial charge in [-0.05, 0) is 72.6 Å². The van der Waals surface area contributed by atoms with Gasteiger partial charge in [-0.1, -0.05) is 0 Å². The van der Waals surface area contributed by atoms with Crippen molar-refractivity contribution in [2.75, 3.05) is 26.2 Å². The molecule has 0 aromatic heterocycles. The Kier molecular flexibility index (Phi) is 4.51. The molecule has 0 aromatic carbocycles. The molecule has 2 saturated heterocycles. The number of likely N-dealkylation sites (tertiary alicyclic amines) is 2. The molecule has 110 valence electrons. The molecule has 0 amide bonds. The summed E-state index contributed by atoms with van der Waals surface area (Å²) < 4.78 is 0. The van der Waals surface area contributed by atoms with Gasteiger partial charge in [-0.25, -0.2) is 0 Å². The third kappa shape index (κ3) is 3.29. The fraction of sp³-hybridized carbons (Fsp3) is 0.933. The summed E-state index contributed by atoms with van der Waals surface area (Å²) in [5.74, 6) is -0.623. The van der Waals surface area contributed by atoms with Gasteiger partial charge in [0.25, 0.3) is 0 Å². The quantitative estimate of drug-likeness (QED) is 0.851. The number of carbonyl (C=O) groups is 1. The lowest BCUT2D eigenvalue weighted by molar-refractivity contribution is -0.151. The zero-order valence-electron chi connectivity index (χ0n) is 12.6. The van der Waals surface area contributed by atoms with Crippen molar-refractivity contribution in [1.29, 1.82) is 0 Å². The van der Waals surface area contributed by atoms with Gasteiger partial charge in [-0.3, -0.25) is 4.79 Å². The molecule has 2 aliphatic heterocycles. The fourth-order valence-electron chi connectivity index (χ4n) is 3.36. The number of rotatable bonds is 3. The third-order valence-electron chi connectivity index (χ3n) is 5.16. The zero-order valence-corrected chi connectivity index (χ0v) is 12.6. The monoisotopic (exact) mass is 268 g/mol. The minimum atomic E-state index is -0.623. The number of nitrogens with zero attached hydrogens (tertiary/aromatic N) is 2. The third-order valence-corrected chi connectivity index (χ3v) is 5.16. The average Bonchev–Trinajstić information content (AvgIpc) is 2.39. The molecule has 0 aliphatic carbocycles. The molecule has 2 rings (SSSR count). The maximum atomic E-state index is 11.3. The summed E-state index contributed by atoms with van der Waals surface area (Å²) in [6.45, 7) is 10.7. The molecule has 19 heavy (non-hydrogen) atoms. The van der Waals surface area contributed by atoms with Crippen molar-refractivity contribution >= 4 is 5.97 Å². The molecule has 0 bridgehead atoms. The van der Waals surface area contributed by atoms with E-state index < -0.39 is 11.4 Å². The van der Waals surface area contributed by atoms with Crippen LogP contribution in [0.1, 0.15) is 46.5 Å². The van der Waals surface area contributed by atoms with Gasteiger partial charge in [0.05, 0.1) is 5.41 Å². The Hall–Kier alpha value is -0.610.